The standard InChI is InChI=1S/C47H48P2S/c1-30-19-31(2)22-38(21-30)48(39-23-32(3)20-33(4)24-39)29-37-28-40-25-34-26-43(47(37)50-40)46(27-34)49(44-17-9-13-35-11-5-7-15-41(35)44)45-18-10-14-36-12-6-8-16-42(36)45/h5-24,34,37,40,43,46-47H,25-29H2,1-4H3. The van der Waals surface area contributed by atoms with Gasteiger partial charge in [-0.1, -0.05) is 144 Å². The molecular weight excluding hydrogens is 659 g/mol. The fourth-order valence-electron chi connectivity index (χ4n) is 10.1. The van der Waals surface area contributed by atoms with Gasteiger partial charge < -0.3 is 0 Å². The highest BCUT2D eigenvalue weighted by atomic mass is 32.2. The van der Waals surface area contributed by atoms with Crippen molar-refractivity contribution in [2.75, 3.05) is 6.16 Å². The molecule has 0 amide bonds. The molecule has 0 N–H and O–H groups in total. The topological polar surface area (TPSA) is 0 Å². The molecule has 6 atom stereocenters. The summed E-state index contributed by atoms with van der Waals surface area (Å²) in [5.74, 6) is 2.40. The van der Waals surface area contributed by atoms with Crippen molar-refractivity contribution in [3.63, 3.8) is 0 Å². The van der Waals surface area contributed by atoms with Gasteiger partial charge in [-0.25, -0.2) is 0 Å². The molecule has 2 heterocycles. The number of hydrogen-bond donors (Lipinski definition) is 0. The molecule has 3 heteroatoms. The quantitative estimate of drug-likeness (QED) is 0.149. The van der Waals surface area contributed by atoms with Crippen molar-refractivity contribution in [1.82, 2.24) is 0 Å². The molecule has 2 saturated heterocycles. The fourth-order valence-corrected chi connectivity index (χ4v) is 19.1. The zero-order valence-electron chi connectivity index (χ0n) is 29.8. The smallest absolute Gasteiger partial charge is 0.0117 e. The van der Waals surface area contributed by atoms with Gasteiger partial charge in [-0.05, 0) is 142 Å². The van der Waals surface area contributed by atoms with Crippen molar-refractivity contribution in [2.45, 2.75) is 69.5 Å². The molecule has 6 unspecified atom stereocenters. The predicted octanol–water partition coefficient (Wildman–Crippen LogP) is 11.1. The number of fused-ring (bicyclic) bond motifs is 7. The second-order valence-corrected chi connectivity index (χ2v) is 21.8. The number of aryl methyl sites for hydroxylation is 4. The average molecular weight is 707 g/mol. The molecule has 0 nitrogen and oxygen atoms in total. The summed E-state index contributed by atoms with van der Waals surface area (Å²) in [7, 11) is -1.00. The number of thioether (sulfide) groups is 1. The van der Waals surface area contributed by atoms with E-state index >= 15 is 0 Å². The third kappa shape index (κ3) is 6.17. The van der Waals surface area contributed by atoms with Crippen molar-refractivity contribution >= 4 is 70.4 Å². The number of hydrogen-bond acceptors (Lipinski definition) is 1. The summed E-state index contributed by atoms with van der Waals surface area (Å²) in [5, 5.41) is 13.7. The molecule has 4 bridgehead atoms. The van der Waals surface area contributed by atoms with Gasteiger partial charge in [-0.2, -0.15) is 11.8 Å². The first-order valence-electron chi connectivity index (χ1n) is 18.7. The Labute approximate surface area is 306 Å². The lowest BCUT2D eigenvalue weighted by Gasteiger charge is -2.37. The van der Waals surface area contributed by atoms with Crippen LogP contribution in [0.25, 0.3) is 21.5 Å². The highest BCUT2D eigenvalue weighted by Crippen LogP contribution is 2.63. The van der Waals surface area contributed by atoms with E-state index in [9.17, 15) is 0 Å². The van der Waals surface area contributed by atoms with Crippen LogP contribution in [-0.2, 0) is 0 Å². The van der Waals surface area contributed by atoms with Crippen LogP contribution in [0.15, 0.2) is 121 Å². The van der Waals surface area contributed by atoms with Crippen LogP contribution in [-0.4, -0.2) is 22.3 Å². The third-order valence-corrected chi connectivity index (χ3v) is 19.4. The Morgan fingerprint density at radius 1 is 0.560 bits per heavy atom. The monoisotopic (exact) mass is 706 g/mol. The molecule has 6 aromatic carbocycles. The molecule has 1 aliphatic carbocycles. The summed E-state index contributed by atoms with van der Waals surface area (Å²) in [6.07, 6.45) is 6.97. The predicted molar refractivity (Wildman–Crippen MR) is 225 cm³/mol. The van der Waals surface area contributed by atoms with Gasteiger partial charge in [0.1, 0.15) is 0 Å². The maximum absolute atomic E-state index is 2.52. The van der Waals surface area contributed by atoms with Crippen molar-refractivity contribution < 1.29 is 0 Å². The van der Waals surface area contributed by atoms with Crippen LogP contribution in [0.3, 0.4) is 0 Å². The maximum Gasteiger partial charge on any atom is 0.0117 e. The highest BCUT2D eigenvalue weighted by Gasteiger charge is 2.53. The lowest BCUT2D eigenvalue weighted by atomic mass is 9.85. The molecule has 0 spiro atoms. The van der Waals surface area contributed by atoms with Gasteiger partial charge in [0.2, 0.25) is 0 Å². The largest absolute Gasteiger partial charge is 0.155 e. The molecular formula is C47H48P2S. The number of benzene rings is 6. The van der Waals surface area contributed by atoms with Crippen LogP contribution >= 0.6 is 27.6 Å². The van der Waals surface area contributed by atoms with E-state index in [1.165, 1.54) is 75.6 Å². The number of rotatable bonds is 7. The van der Waals surface area contributed by atoms with Gasteiger partial charge in [-0.15, -0.1) is 0 Å². The lowest BCUT2D eigenvalue weighted by molar-refractivity contribution is 0.366. The summed E-state index contributed by atoms with van der Waals surface area (Å²) in [4.78, 5) is 0. The Kier molecular flexibility index (Phi) is 8.92. The Balaban J connectivity index is 1.15. The van der Waals surface area contributed by atoms with Gasteiger partial charge in [0.25, 0.3) is 0 Å². The molecule has 50 heavy (non-hydrogen) atoms. The van der Waals surface area contributed by atoms with Crippen molar-refractivity contribution in [1.29, 1.82) is 0 Å². The van der Waals surface area contributed by atoms with E-state index in [1.54, 1.807) is 21.2 Å². The first-order chi connectivity index (χ1) is 24.4. The zero-order chi connectivity index (χ0) is 33.9. The minimum absolute atomic E-state index is 0.442. The third-order valence-electron chi connectivity index (χ3n) is 11.9. The summed E-state index contributed by atoms with van der Waals surface area (Å²) < 4.78 is 0. The Morgan fingerprint density at radius 3 is 1.64 bits per heavy atom. The van der Waals surface area contributed by atoms with E-state index in [2.05, 4.69) is 161 Å². The summed E-state index contributed by atoms with van der Waals surface area (Å²) >= 11 is 2.43. The summed E-state index contributed by atoms with van der Waals surface area (Å²) in [6, 6.07) is 47.5. The van der Waals surface area contributed by atoms with Gasteiger partial charge in [0.15, 0.2) is 0 Å². The van der Waals surface area contributed by atoms with Gasteiger partial charge >= 0.3 is 0 Å². The SMILES string of the molecule is Cc1cc(C)cc(P(CC2CC3CC4CC(C2S3)C(P(c2cccc3ccccc23)c2cccc3ccccc23)C4)c2cc(C)cc(C)c2)c1. The fraction of sp³-hybridized carbons (Fsp3) is 0.319. The molecule has 0 radical (unpaired) electrons. The van der Waals surface area contributed by atoms with E-state index in [0.29, 0.717) is 5.66 Å². The van der Waals surface area contributed by atoms with Crippen molar-refractivity contribution in [3.8, 4) is 0 Å². The van der Waals surface area contributed by atoms with Gasteiger partial charge in [0, 0.05) is 10.5 Å². The summed E-state index contributed by atoms with van der Waals surface area (Å²) in [6.45, 7) is 9.17. The van der Waals surface area contributed by atoms with E-state index in [0.717, 1.165) is 28.3 Å². The van der Waals surface area contributed by atoms with E-state index in [1.807, 2.05) is 0 Å². The van der Waals surface area contributed by atoms with Crippen molar-refractivity contribution in [3.05, 3.63) is 144 Å². The van der Waals surface area contributed by atoms with Crippen LogP contribution in [0.2, 0.25) is 0 Å². The molecule has 0 aromatic heterocycles. The Hall–Kier alpha value is -2.95. The average Bonchev–Trinajstić information content (AvgIpc) is 3.65. The highest BCUT2D eigenvalue weighted by molar-refractivity contribution is 8.00. The zero-order valence-corrected chi connectivity index (χ0v) is 32.5. The van der Waals surface area contributed by atoms with Crippen LogP contribution in [0.5, 0.6) is 0 Å². The van der Waals surface area contributed by atoms with Crippen LogP contribution in [0.1, 0.15) is 47.9 Å². The molecule has 252 valence electrons. The molecule has 9 rings (SSSR count). The van der Waals surface area contributed by atoms with Crippen LogP contribution in [0.4, 0.5) is 0 Å². The minimum atomic E-state index is -0.561. The maximum atomic E-state index is 2.52. The first-order valence-corrected chi connectivity index (χ1v) is 22.6. The molecule has 3 fully saturated rings. The molecule has 2 aliphatic heterocycles. The molecule has 1 saturated carbocycles. The second-order valence-electron chi connectivity index (χ2n) is 15.7. The normalized spacial score (nSPS) is 24.4. The van der Waals surface area contributed by atoms with Crippen molar-refractivity contribution in [2.24, 2.45) is 17.8 Å². The minimum Gasteiger partial charge on any atom is -0.155 e. The first kappa shape index (κ1) is 32.9. The lowest BCUT2D eigenvalue weighted by Crippen LogP contribution is -2.34. The Bertz CT molecular complexity index is 2020. The van der Waals surface area contributed by atoms with Crippen LogP contribution in [0, 0.1) is 45.4 Å². The van der Waals surface area contributed by atoms with E-state index in [4.69, 9.17) is 0 Å². The van der Waals surface area contributed by atoms with Gasteiger partial charge in [0.05, 0.1) is 0 Å². The van der Waals surface area contributed by atoms with E-state index < -0.39 is 15.8 Å². The molecule has 3 aliphatic rings. The Morgan fingerprint density at radius 2 is 1.08 bits per heavy atom. The van der Waals surface area contributed by atoms with Crippen LogP contribution < -0.4 is 21.2 Å². The molecule has 6 aromatic rings. The summed E-state index contributed by atoms with van der Waals surface area (Å²) in [5.41, 5.74) is 6.33. The second kappa shape index (κ2) is 13.6. The van der Waals surface area contributed by atoms with Gasteiger partial charge in [-0.3, -0.25) is 0 Å². The van der Waals surface area contributed by atoms with E-state index in [-0.39, 0.29) is 0 Å².